The van der Waals surface area contributed by atoms with Gasteiger partial charge < -0.3 is 14.3 Å². The number of aromatic nitrogens is 2. The fraction of sp³-hybridized carbons (Fsp3) is 0.462. The zero-order valence-corrected chi connectivity index (χ0v) is 12.0. The van der Waals surface area contributed by atoms with Crippen molar-refractivity contribution in [3.8, 4) is 0 Å². The fourth-order valence-electron chi connectivity index (χ4n) is 1.95. The second kappa shape index (κ2) is 6.68. The zero-order valence-electron chi connectivity index (χ0n) is 11.2. The molecule has 6 heteroatoms. The van der Waals surface area contributed by atoms with Gasteiger partial charge in [0.1, 0.15) is 17.6 Å². The number of hydrogen-bond acceptors (Lipinski definition) is 4. The van der Waals surface area contributed by atoms with Gasteiger partial charge in [-0.25, -0.2) is 4.98 Å². The molecule has 0 spiro atoms. The van der Waals surface area contributed by atoms with Crippen LogP contribution < -0.4 is 5.32 Å². The smallest absolute Gasteiger partial charge is 0.133 e. The van der Waals surface area contributed by atoms with Crippen LogP contribution in [0, 0.1) is 0 Å². The van der Waals surface area contributed by atoms with E-state index in [4.69, 9.17) is 4.42 Å². The van der Waals surface area contributed by atoms with Crippen LogP contribution in [0.3, 0.4) is 0 Å². The van der Waals surface area contributed by atoms with Crippen LogP contribution in [0.15, 0.2) is 35.2 Å². The van der Waals surface area contributed by atoms with Gasteiger partial charge in [0, 0.05) is 42.2 Å². The van der Waals surface area contributed by atoms with Crippen molar-refractivity contribution in [3.05, 3.63) is 42.4 Å². The number of nitrogens with one attached hydrogen (secondary N) is 1. The monoisotopic (exact) mass is 281 g/mol. The van der Waals surface area contributed by atoms with Gasteiger partial charge in [0.05, 0.1) is 6.26 Å². The molecule has 5 nitrogen and oxygen atoms in total. The van der Waals surface area contributed by atoms with Gasteiger partial charge in [-0.05, 0) is 25.1 Å². The van der Waals surface area contributed by atoms with E-state index in [2.05, 4.69) is 10.3 Å². The second-order valence-electron chi connectivity index (χ2n) is 4.43. The second-order valence-corrected chi connectivity index (χ2v) is 5.98. The van der Waals surface area contributed by atoms with Crippen LogP contribution in [-0.4, -0.2) is 32.3 Å². The summed E-state index contributed by atoms with van der Waals surface area (Å²) in [5.41, 5.74) is 0. The van der Waals surface area contributed by atoms with E-state index in [0.29, 0.717) is 5.75 Å². The topological polar surface area (TPSA) is 60.1 Å². The third kappa shape index (κ3) is 3.78. The van der Waals surface area contributed by atoms with E-state index in [0.717, 1.165) is 24.6 Å². The third-order valence-corrected chi connectivity index (χ3v) is 3.76. The van der Waals surface area contributed by atoms with Crippen molar-refractivity contribution in [2.75, 3.05) is 18.6 Å². The van der Waals surface area contributed by atoms with Crippen LogP contribution in [0.5, 0.6) is 0 Å². The first-order valence-electron chi connectivity index (χ1n) is 6.22. The molecule has 0 bridgehead atoms. The average Bonchev–Trinajstić information content (AvgIpc) is 3.01. The maximum atomic E-state index is 11.0. The summed E-state index contributed by atoms with van der Waals surface area (Å²) >= 11 is 0. The van der Waals surface area contributed by atoms with E-state index >= 15 is 0 Å². The van der Waals surface area contributed by atoms with Crippen LogP contribution in [0.1, 0.15) is 24.0 Å². The predicted octanol–water partition coefficient (Wildman–Crippen LogP) is 1.46. The fourth-order valence-corrected chi connectivity index (χ4v) is 2.50. The molecule has 2 aromatic rings. The first-order valence-corrected chi connectivity index (χ1v) is 7.95. The summed E-state index contributed by atoms with van der Waals surface area (Å²) in [5.74, 6) is 2.46. The maximum Gasteiger partial charge on any atom is 0.133 e. The Morgan fingerprint density at radius 2 is 2.42 bits per heavy atom. The molecule has 19 heavy (non-hydrogen) atoms. The number of aryl methyl sites for hydroxylation is 1. The van der Waals surface area contributed by atoms with E-state index in [1.807, 2.05) is 29.9 Å². The van der Waals surface area contributed by atoms with Crippen LogP contribution in [0.2, 0.25) is 0 Å². The SMILES string of the molecule is Cn1ccnc1C(NCCCS(C)=O)c1ccco1. The van der Waals surface area contributed by atoms with E-state index in [1.165, 1.54) is 0 Å². The Kier molecular flexibility index (Phi) is 4.93. The van der Waals surface area contributed by atoms with Crippen LogP contribution in [0.25, 0.3) is 0 Å². The summed E-state index contributed by atoms with van der Waals surface area (Å²) in [6, 6.07) is 3.73. The van der Waals surface area contributed by atoms with Crippen molar-refractivity contribution in [2.45, 2.75) is 12.5 Å². The van der Waals surface area contributed by atoms with E-state index < -0.39 is 10.8 Å². The van der Waals surface area contributed by atoms with Gasteiger partial charge in [-0.15, -0.1) is 0 Å². The zero-order chi connectivity index (χ0) is 13.7. The van der Waals surface area contributed by atoms with Crippen LogP contribution in [-0.2, 0) is 17.8 Å². The Labute approximate surface area is 115 Å². The molecule has 0 amide bonds. The van der Waals surface area contributed by atoms with Gasteiger partial charge in [-0.3, -0.25) is 4.21 Å². The van der Waals surface area contributed by atoms with Crippen LogP contribution >= 0.6 is 0 Å². The van der Waals surface area contributed by atoms with Crippen molar-refractivity contribution in [2.24, 2.45) is 7.05 Å². The molecule has 2 unspecified atom stereocenters. The Bertz CT molecular complexity index is 522. The summed E-state index contributed by atoms with van der Waals surface area (Å²) in [6.07, 6.45) is 7.93. The highest BCUT2D eigenvalue weighted by molar-refractivity contribution is 7.84. The summed E-state index contributed by atoms with van der Waals surface area (Å²) < 4.78 is 18.5. The molecule has 0 aliphatic carbocycles. The highest BCUT2D eigenvalue weighted by Crippen LogP contribution is 2.20. The number of imidazole rings is 1. The van der Waals surface area contributed by atoms with E-state index in [9.17, 15) is 4.21 Å². The molecule has 0 aliphatic heterocycles. The number of furan rings is 1. The molecule has 2 rings (SSSR count). The molecule has 0 saturated carbocycles. The number of rotatable bonds is 7. The van der Waals surface area contributed by atoms with E-state index in [-0.39, 0.29) is 6.04 Å². The largest absolute Gasteiger partial charge is 0.467 e. The normalized spacial score (nSPS) is 14.4. The Morgan fingerprint density at radius 1 is 1.58 bits per heavy atom. The van der Waals surface area contributed by atoms with Crippen molar-refractivity contribution in [3.63, 3.8) is 0 Å². The summed E-state index contributed by atoms with van der Waals surface area (Å²) in [4.78, 5) is 4.37. The molecule has 2 atom stereocenters. The summed E-state index contributed by atoms with van der Waals surface area (Å²) in [5, 5.41) is 3.41. The Balaban J connectivity index is 2.04. The lowest BCUT2D eigenvalue weighted by atomic mass is 10.2. The van der Waals surface area contributed by atoms with Crippen LogP contribution in [0.4, 0.5) is 0 Å². The molecule has 0 radical (unpaired) electrons. The summed E-state index contributed by atoms with van der Waals surface area (Å²) in [6.45, 7) is 0.776. The summed E-state index contributed by atoms with van der Waals surface area (Å²) in [7, 11) is 1.22. The standard InChI is InChI=1S/C13H19N3O2S/c1-16-8-7-15-13(16)12(11-5-3-9-18-11)14-6-4-10-19(2)17/h3,5,7-9,12,14H,4,6,10H2,1-2H3. The van der Waals surface area contributed by atoms with Crippen molar-refractivity contribution in [1.82, 2.24) is 14.9 Å². The molecule has 2 aromatic heterocycles. The van der Waals surface area contributed by atoms with Crippen molar-refractivity contribution in [1.29, 1.82) is 0 Å². The molecule has 0 aliphatic rings. The van der Waals surface area contributed by atoms with Crippen molar-refractivity contribution >= 4 is 10.8 Å². The molecule has 0 aromatic carbocycles. The quantitative estimate of drug-likeness (QED) is 0.781. The molecule has 1 N–H and O–H groups in total. The average molecular weight is 281 g/mol. The van der Waals surface area contributed by atoms with Crippen molar-refractivity contribution < 1.29 is 8.63 Å². The van der Waals surface area contributed by atoms with Gasteiger partial charge >= 0.3 is 0 Å². The van der Waals surface area contributed by atoms with Gasteiger partial charge in [-0.1, -0.05) is 0 Å². The minimum absolute atomic E-state index is 0.0692. The molecule has 0 saturated heterocycles. The predicted molar refractivity (Wildman–Crippen MR) is 75.3 cm³/mol. The Hall–Kier alpha value is -1.40. The number of nitrogens with zero attached hydrogens (tertiary/aromatic N) is 2. The molecule has 2 heterocycles. The molecule has 0 fully saturated rings. The molecular formula is C13H19N3O2S. The third-order valence-electron chi connectivity index (χ3n) is 2.90. The molecular weight excluding hydrogens is 262 g/mol. The minimum Gasteiger partial charge on any atom is -0.467 e. The Morgan fingerprint density at radius 3 is 3.00 bits per heavy atom. The van der Waals surface area contributed by atoms with Gasteiger partial charge in [-0.2, -0.15) is 0 Å². The minimum atomic E-state index is -0.742. The maximum absolute atomic E-state index is 11.0. The first-order chi connectivity index (χ1) is 9.18. The lowest BCUT2D eigenvalue weighted by molar-refractivity contribution is 0.430. The lowest BCUT2D eigenvalue weighted by Crippen LogP contribution is -2.26. The molecule has 104 valence electrons. The first kappa shape index (κ1) is 14.0. The number of hydrogen-bond donors (Lipinski definition) is 1. The van der Waals surface area contributed by atoms with E-state index in [1.54, 1.807) is 18.7 Å². The van der Waals surface area contributed by atoms with Gasteiger partial charge in [0.2, 0.25) is 0 Å². The van der Waals surface area contributed by atoms with Gasteiger partial charge in [0.25, 0.3) is 0 Å². The lowest BCUT2D eigenvalue weighted by Gasteiger charge is -2.16. The highest BCUT2D eigenvalue weighted by Gasteiger charge is 2.19. The highest BCUT2D eigenvalue weighted by atomic mass is 32.2. The van der Waals surface area contributed by atoms with Gasteiger partial charge in [0.15, 0.2) is 0 Å².